The van der Waals surface area contributed by atoms with Crippen LogP contribution in [0.4, 0.5) is 34.1 Å². The highest BCUT2D eigenvalue weighted by Crippen LogP contribution is 2.53. The molecule has 0 saturated heterocycles. The van der Waals surface area contributed by atoms with Gasteiger partial charge in [-0.1, -0.05) is 315 Å². The van der Waals surface area contributed by atoms with Crippen molar-refractivity contribution in [2.45, 2.75) is 0 Å². The van der Waals surface area contributed by atoms with Gasteiger partial charge in [-0.05, 0) is 183 Å². The molecule has 0 saturated carbocycles. The standard InChI is InChI=1S/2C54H36N2S/c1-4-14-37(15-5-1)39-24-30-43(31-25-39)55(44-32-26-40(27-33-44)38-16-6-2-7-17-38)45-34-28-41(29-35-45)48-36-49-46-20-10-12-22-50(46)56(42-18-8-3-9-19-42)53(49)52-47-21-11-13-23-51(47)57-54(48)52;1-4-14-37(15-5-1)40-24-30-43(31-25-40)55(44-32-26-41(27-33-44)38-16-6-2-7-17-38)50-36-48-46-20-10-12-22-49(46)56(45-34-28-42(29-35-45)39-18-8-3-9-19-39)53(48)52-47-21-11-13-23-51(47)57-54(50)52/h2*1-36H. The minimum atomic E-state index is 1.10. The van der Waals surface area contributed by atoms with E-state index in [0.717, 1.165) is 34.1 Å². The number of para-hydroxylation sites is 3. The van der Waals surface area contributed by atoms with Crippen LogP contribution in [0.25, 0.3) is 162 Å². The minimum absolute atomic E-state index is 1.10. The van der Waals surface area contributed by atoms with E-state index >= 15 is 0 Å². The third-order valence-corrected chi connectivity index (χ3v) is 24.8. The van der Waals surface area contributed by atoms with Gasteiger partial charge < -0.3 is 18.9 Å². The van der Waals surface area contributed by atoms with Gasteiger partial charge in [0.1, 0.15) is 0 Å². The van der Waals surface area contributed by atoms with E-state index in [9.17, 15) is 0 Å². The zero-order valence-corrected chi connectivity index (χ0v) is 63.8. The first kappa shape index (κ1) is 67.7. The minimum Gasteiger partial charge on any atom is -0.311 e. The highest BCUT2D eigenvalue weighted by molar-refractivity contribution is 7.27. The maximum atomic E-state index is 2.48. The molecule has 6 heteroatoms. The van der Waals surface area contributed by atoms with Crippen molar-refractivity contribution in [3.8, 4) is 78.1 Å². The normalized spacial score (nSPS) is 11.5. The van der Waals surface area contributed by atoms with Gasteiger partial charge in [0.2, 0.25) is 0 Å². The van der Waals surface area contributed by atoms with Crippen LogP contribution < -0.4 is 9.80 Å². The van der Waals surface area contributed by atoms with E-state index in [-0.39, 0.29) is 0 Å². The number of hydrogen-bond donors (Lipinski definition) is 0. The average Bonchev–Trinajstić information content (AvgIpc) is 1.55. The smallest absolute Gasteiger partial charge is 0.0648 e. The van der Waals surface area contributed by atoms with Crippen molar-refractivity contribution < 1.29 is 0 Å². The quantitative estimate of drug-likeness (QED) is 0.108. The molecule has 114 heavy (non-hydrogen) atoms. The number of anilines is 6. The van der Waals surface area contributed by atoms with Gasteiger partial charge in [-0.2, -0.15) is 0 Å². The van der Waals surface area contributed by atoms with Crippen molar-refractivity contribution in [1.29, 1.82) is 0 Å². The molecule has 0 N–H and O–H groups in total. The van der Waals surface area contributed by atoms with Crippen LogP contribution in [0.5, 0.6) is 0 Å². The first-order valence-electron chi connectivity index (χ1n) is 38.9. The van der Waals surface area contributed by atoms with E-state index in [0.29, 0.717) is 0 Å². The van der Waals surface area contributed by atoms with Crippen molar-refractivity contribution in [2.24, 2.45) is 0 Å². The zero-order chi connectivity index (χ0) is 75.4. The second kappa shape index (κ2) is 29.1. The highest BCUT2D eigenvalue weighted by atomic mass is 32.1. The number of benzene rings is 18. The second-order valence-corrected chi connectivity index (χ2v) is 31.1. The molecular weight excluding hydrogens is 1420 g/mol. The third kappa shape index (κ3) is 12.2. The molecule has 18 aromatic carbocycles. The topological polar surface area (TPSA) is 16.3 Å². The fraction of sp³-hybridized carbons (Fsp3) is 0. The Balaban J connectivity index is 0.000000143. The maximum Gasteiger partial charge on any atom is 0.0648 e. The number of rotatable bonds is 14. The van der Waals surface area contributed by atoms with Crippen molar-refractivity contribution in [3.05, 3.63) is 437 Å². The molecule has 0 spiro atoms. The Hall–Kier alpha value is -14.4. The lowest BCUT2D eigenvalue weighted by Gasteiger charge is -2.27. The molecule has 0 fully saturated rings. The van der Waals surface area contributed by atoms with E-state index in [2.05, 4.69) is 456 Å². The molecule has 4 aromatic heterocycles. The number of thiophene rings is 2. The van der Waals surface area contributed by atoms with Crippen molar-refractivity contribution in [1.82, 2.24) is 9.13 Å². The summed E-state index contributed by atoms with van der Waals surface area (Å²) in [6.45, 7) is 0. The predicted molar refractivity (Wildman–Crippen MR) is 489 cm³/mol. The van der Waals surface area contributed by atoms with Crippen LogP contribution in [0, 0.1) is 0 Å². The lowest BCUT2D eigenvalue weighted by molar-refractivity contribution is 1.19. The summed E-state index contributed by atoms with van der Waals surface area (Å²) >= 11 is 3.77. The van der Waals surface area contributed by atoms with E-state index in [1.165, 1.54) is 162 Å². The number of hydrogen-bond acceptors (Lipinski definition) is 4. The van der Waals surface area contributed by atoms with Gasteiger partial charge in [0.25, 0.3) is 0 Å². The summed E-state index contributed by atoms with van der Waals surface area (Å²) in [5, 5.41) is 10.1. The Kier molecular flexibility index (Phi) is 17.3. The monoisotopic (exact) mass is 1490 g/mol. The lowest BCUT2D eigenvalue weighted by Crippen LogP contribution is -2.10. The van der Waals surface area contributed by atoms with Crippen molar-refractivity contribution in [2.75, 3.05) is 9.80 Å². The van der Waals surface area contributed by atoms with Crippen LogP contribution in [0.3, 0.4) is 0 Å². The largest absolute Gasteiger partial charge is 0.311 e. The van der Waals surface area contributed by atoms with Gasteiger partial charge in [-0.3, -0.25) is 0 Å². The molecule has 536 valence electrons. The first-order chi connectivity index (χ1) is 56.6. The Morgan fingerprint density at radius 3 is 0.851 bits per heavy atom. The van der Waals surface area contributed by atoms with Gasteiger partial charge in [0, 0.05) is 103 Å². The molecule has 4 nitrogen and oxygen atoms in total. The zero-order valence-electron chi connectivity index (χ0n) is 62.2. The molecule has 0 amide bonds. The van der Waals surface area contributed by atoms with E-state index in [1.54, 1.807) is 0 Å². The van der Waals surface area contributed by atoms with Gasteiger partial charge in [-0.15, -0.1) is 22.7 Å². The van der Waals surface area contributed by atoms with Gasteiger partial charge in [0.05, 0.1) is 32.5 Å². The molecule has 0 atom stereocenters. The van der Waals surface area contributed by atoms with Gasteiger partial charge >= 0.3 is 0 Å². The SMILES string of the molecule is c1ccc(-c2ccc(N(c3ccc(-c4ccccc4)cc3)c3cc4c5ccccc5n(-c5ccc(-c6ccccc6)cc5)c4c4c3sc3ccccc34)cc2)cc1.c1ccc(-c2ccc(N(c3ccc(-c4ccccc4)cc3)c3ccc(-c4cc5c6ccccc6n(-c6ccccc6)c5c5c4sc4ccccc45)cc3)cc2)cc1. The Bertz CT molecular complexity index is 7080. The van der Waals surface area contributed by atoms with Crippen LogP contribution in [0.1, 0.15) is 0 Å². The molecule has 0 aliphatic carbocycles. The number of nitrogens with zero attached hydrogens (tertiary/aromatic N) is 4. The predicted octanol–water partition coefficient (Wildman–Crippen LogP) is 31.2. The maximum absolute atomic E-state index is 2.48. The lowest BCUT2D eigenvalue weighted by atomic mass is 9.98. The van der Waals surface area contributed by atoms with Crippen molar-refractivity contribution >= 4 is 141 Å². The average molecular weight is 1490 g/mol. The first-order valence-corrected chi connectivity index (χ1v) is 40.5. The Morgan fingerprint density at radius 1 is 0.193 bits per heavy atom. The van der Waals surface area contributed by atoms with Crippen LogP contribution in [-0.2, 0) is 0 Å². The molecule has 22 rings (SSSR count). The molecule has 0 aliphatic rings. The van der Waals surface area contributed by atoms with Gasteiger partial charge in [-0.25, -0.2) is 0 Å². The van der Waals surface area contributed by atoms with Gasteiger partial charge in [0.15, 0.2) is 0 Å². The Morgan fingerprint density at radius 2 is 0.465 bits per heavy atom. The summed E-state index contributed by atoms with van der Waals surface area (Å²) in [7, 11) is 0. The molecule has 0 bridgehead atoms. The second-order valence-electron chi connectivity index (χ2n) is 29.0. The fourth-order valence-electron chi connectivity index (χ4n) is 17.0. The summed E-state index contributed by atoms with van der Waals surface area (Å²) in [4.78, 5) is 4.82. The van der Waals surface area contributed by atoms with Crippen LogP contribution in [-0.4, -0.2) is 9.13 Å². The molecular formula is C108H72N4S2. The summed E-state index contributed by atoms with van der Waals surface area (Å²) in [5.74, 6) is 0. The van der Waals surface area contributed by atoms with Crippen LogP contribution in [0.15, 0.2) is 437 Å². The molecule has 0 radical (unpaired) electrons. The number of aromatic nitrogens is 2. The summed E-state index contributed by atoms with van der Waals surface area (Å²) in [6.07, 6.45) is 0. The van der Waals surface area contributed by atoms with E-state index in [1.807, 2.05) is 22.7 Å². The molecule has 4 heterocycles. The molecule has 0 aliphatic heterocycles. The van der Waals surface area contributed by atoms with Crippen LogP contribution >= 0.6 is 22.7 Å². The summed E-state index contributed by atoms with van der Waals surface area (Å²) in [5.41, 5.74) is 28.5. The number of fused-ring (bicyclic) bond motifs is 14. The fourth-order valence-corrected chi connectivity index (χ4v) is 19.4. The summed E-state index contributed by atoms with van der Waals surface area (Å²) < 4.78 is 10.1. The van der Waals surface area contributed by atoms with E-state index < -0.39 is 0 Å². The van der Waals surface area contributed by atoms with Crippen molar-refractivity contribution in [3.63, 3.8) is 0 Å². The van der Waals surface area contributed by atoms with E-state index in [4.69, 9.17) is 0 Å². The molecule has 22 aromatic rings. The Labute approximate surface area is 669 Å². The van der Waals surface area contributed by atoms with Crippen LogP contribution in [0.2, 0.25) is 0 Å². The highest BCUT2D eigenvalue weighted by Gasteiger charge is 2.27. The third-order valence-electron chi connectivity index (χ3n) is 22.4. The molecule has 0 unspecified atom stereocenters. The summed E-state index contributed by atoms with van der Waals surface area (Å²) in [6, 6.07) is 158.